The Morgan fingerprint density at radius 2 is 1.71 bits per heavy atom. The molecule has 0 aliphatic heterocycles. The fourth-order valence-corrected chi connectivity index (χ4v) is 2.45. The van der Waals surface area contributed by atoms with Gasteiger partial charge in [-0.2, -0.15) is 0 Å². The Hall–Kier alpha value is -2.56. The van der Waals surface area contributed by atoms with Gasteiger partial charge in [0.25, 0.3) is 5.91 Å². The number of hydrogen-bond acceptors (Lipinski definition) is 3. The monoisotopic (exact) mass is 357 g/mol. The van der Waals surface area contributed by atoms with Gasteiger partial charge in [0.2, 0.25) is 0 Å². The summed E-state index contributed by atoms with van der Waals surface area (Å²) >= 11 is 12.2. The summed E-state index contributed by atoms with van der Waals surface area (Å²) in [6, 6.07) is 17.9. The first kappa shape index (κ1) is 16.3. The topological polar surface area (TPSA) is 54.0 Å². The molecule has 3 rings (SSSR count). The average molecular weight is 358 g/mol. The highest BCUT2D eigenvalue weighted by atomic mass is 35.5. The minimum Gasteiger partial charge on any atom is -0.354 e. The number of pyridine rings is 1. The summed E-state index contributed by atoms with van der Waals surface area (Å²) in [4.78, 5) is 16.4. The smallest absolute Gasteiger partial charge is 0.274 e. The Kier molecular flexibility index (Phi) is 4.99. The second-order valence-electron chi connectivity index (χ2n) is 4.98. The van der Waals surface area contributed by atoms with Crippen LogP contribution in [0.5, 0.6) is 0 Å². The number of halogens is 2. The second-order valence-corrected chi connectivity index (χ2v) is 5.76. The van der Waals surface area contributed by atoms with Gasteiger partial charge in [-0.05, 0) is 36.4 Å². The van der Waals surface area contributed by atoms with Crippen molar-refractivity contribution in [2.24, 2.45) is 0 Å². The molecular weight excluding hydrogens is 345 g/mol. The van der Waals surface area contributed by atoms with E-state index in [1.54, 1.807) is 36.5 Å². The molecule has 2 N–H and O–H groups in total. The molecule has 1 amide bonds. The van der Waals surface area contributed by atoms with Crippen molar-refractivity contribution in [3.63, 3.8) is 0 Å². The van der Waals surface area contributed by atoms with Crippen LogP contribution in [-0.2, 0) is 0 Å². The highest BCUT2D eigenvalue weighted by Gasteiger charge is 2.10. The lowest BCUT2D eigenvalue weighted by molar-refractivity contribution is 0.102. The first-order valence-electron chi connectivity index (χ1n) is 7.17. The predicted octanol–water partition coefficient (Wildman–Crippen LogP) is 5.38. The summed E-state index contributed by atoms with van der Waals surface area (Å²) in [7, 11) is 0. The molecule has 6 heteroatoms. The second kappa shape index (κ2) is 7.34. The Balaban J connectivity index is 1.79. The van der Waals surface area contributed by atoms with Crippen LogP contribution in [-0.4, -0.2) is 10.9 Å². The molecular formula is C18H13Cl2N3O. The molecule has 0 bridgehead atoms. The highest BCUT2D eigenvalue weighted by Crippen LogP contribution is 2.31. The summed E-state index contributed by atoms with van der Waals surface area (Å²) in [5.41, 5.74) is 2.35. The number of amides is 1. The van der Waals surface area contributed by atoms with E-state index in [9.17, 15) is 4.79 Å². The van der Waals surface area contributed by atoms with Gasteiger partial charge >= 0.3 is 0 Å². The molecule has 120 valence electrons. The number of carbonyl (C=O) groups is 1. The van der Waals surface area contributed by atoms with Crippen molar-refractivity contribution >= 4 is 46.2 Å². The Labute approximate surface area is 149 Å². The average Bonchev–Trinajstić information content (AvgIpc) is 2.60. The normalized spacial score (nSPS) is 10.2. The molecule has 2 aromatic carbocycles. The molecule has 1 heterocycles. The number of nitrogens with zero attached hydrogens (tertiary/aromatic N) is 1. The summed E-state index contributed by atoms with van der Waals surface area (Å²) in [6.07, 6.45) is 1.56. The first-order valence-corrected chi connectivity index (χ1v) is 7.92. The lowest BCUT2D eigenvalue weighted by Gasteiger charge is -2.10. The maximum Gasteiger partial charge on any atom is 0.274 e. The van der Waals surface area contributed by atoms with Crippen molar-refractivity contribution in [1.82, 2.24) is 4.98 Å². The maximum atomic E-state index is 12.3. The molecule has 0 unspecified atom stereocenters. The maximum absolute atomic E-state index is 12.3. The van der Waals surface area contributed by atoms with Crippen molar-refractivity contribution in [1.29, 1.82) is 0 Å². The van der Waals surface area contributed by atoms with E-state index in [-0.39, 0.29) is 5.91 Å². The van der Waals surface area contributed by atoms with Crippen LogP contribution in [0.25, 0.3) is 0 Å². The quantitative estimate of drug-likeness (QED) is 0.658. The lowest BCUT2D eigenvalue weighted by Crippen LogP contribution is -2.13. The van der Waals surface area contributed by atoms with Crippen LogP contribution in [0.3, 0.4) is 0 Å². The molecule has 0 aliphatic carbocycles. The Morgan fingerprint density at radius 3 is 2.50 bits per heavy atom. The van der Waals surface area contributed by atoms with Gasteiger partial charge in [0, 0.05) is 17.6 Å². The number of anilines is 3. The van der Waals surface area contributed by atoms with Crippen molar-refractivity contribution in [3.05, 3.63) is 82.6 Å². The van der Waals surface area contributed by atoms with E-state index in [0.717, 1.165) is 0 Å². The SMILES string of the molecule is O=C(Nc1ccccc1)c1cc(Nc2cccc(Cl)c2Cl)ccn1. The van der Waals surface area contributed by atoms with Gasteiger partial charge in [0.1, 0.15) is 5.69 Å². The fourth-order valence-electron chi connectivity index (χ4n) is 2.10. The molecule has 1 aromatic heterocycles. The third kappa shape index (κ3) is 3.85. The number of carbonyl (C=O) groups excluding carboxylic acids is 1. The van der Waals surface area contributed by atoms with E-state index >= 15 is 0 Å². The van der Waals surface area contributed by atoms with Crippen molar-refractivity contribution in [3.8, 4) is 0 Å². The zero-order chi connectivity index (χ0) is 16.9. The van der Waals surface area contributed by atoms with E-state index < -0.39 is 0 Å². The van der Waals surface area contributed by atoms with Crippen molar-refractivity contribution in [2.75, 3.05) is 10.6 Å². The summed E-state index contributed by atoms with van der Waals surface area (Å²) in [6.45, 7) is 0. The predicted molar refractivity (Wildman–Crippen MR) is 98.4 cm³/mol. The largest absolute Gasteiger partial charge is 0.354 e. The van der Waals surface area contributed by atoms with Gasteiger partial charge in [0.05, 0.1) is 15.7 Å². The van der Waals surface area contributed by atoms with Crippen LogP contribution < -0.4 is 10.6 Å². The van der Waals surface area contributed by atoms with E-state index in [4.69, 9.17) is 23.2 Å². The zero-order valence-electron chi connectivity index (χ0n) is 12.5. The van der Waals surface area contributed by atoms with E-state index in [0.29, 0.717) is 32.8 Å². The molecule has 0 atom stereocenters. The molecule has 0 aliphatic rings. The van der Waals surface area contributed by atoms with E-state index in [1.807, 2.05) is 30.3 Å². The van der Waals surface area contributed by atoms with Gasteiger partial charge in [-0.25, -0.2) is 0 Å². The minimum atomic E-state index is -0.290. The molecule has 0 spiro atoms. The van der Waals surface area contributed by atoms with Gasteiger partial charge < -0.3 is 10.6 Å². The van der Waals surface area contributed by atoms with Crippen LogP contribution in [0.1, 0.15) is 10.5 Å². The Morgan fingerprint density at radius 1 is 0.917 bits per heavy atom. The lowest BCUT2D eigenvalue weighted by atomic mass is 10.2. The number of nitrogens with one attached hydrogen (secondary N) is 2. The third-order valence-corrected chi connectivity index (χ3v) is 4.07. The van der Waals surface area contributed by atoms with E-state index in [1.165, 1.54) is 0 Å². The first-order chi connectivity index (χ1) is 11.6. The Bertz CT molecular complexity index is 869. The van der Waals surface area contributed by atoms with Gasteiger partial charge in [-0.15, -0.1) is 0 Å². The summed E-state index contributed by atoms with van der Waals surface area (Å²) in [5, 5.41) is 6.81. The van der Waals surface area contributed by atoms with Gasteiger partial charge in [-0.3, -0.25) is 9.78 Å². The van der Waals surface area contributed by atoms with Crippen LogP contribution in [0.4, 0.5) is 17.1 Å². The molecule has 0 saturated heterocycles. The summed E-state index contributed by atoms with van der Waals surface area (Å²) < 4.78 is 0. The number of hydrogen-bond donors (Lipinski definition) is 2. The standard InChI is InChI=1S/C18H13Cl2N3O/c19-14-7-4-8-15(17(14)20)22-13-9-10-21-16(11-13)18(24)23-12-5-2-1-3-6-12/h1-11H,(H,21,22)(H,23,24). The number of aromatic nitrogens is 1. The van der Waals surface area contributed by atoms with Crippen LogP contribution in [0.15, 0.2) is 66.9 Å². The number of para-hydroxylation sites is 1. The molecule has 0 radical (unpaired) electrons. The van der Waals surface area contributed by atoms with Gasteiger partial charge in [-0.1, -0.05) is 47.5 Å². The van der Waals surface area contributed by atoms with Crippen LogP contribution in [0.2, 0.25) is 10.0 Å². The molecule has 3 aromatic rings. The summed E-state index contributed by atoms with van der Waals surface area (Å²) in [5.74, 6) is -0.290. The van der Waals surface area contributed by atoms with Gasteiger partial charge in [0.15, 0.2) is 0 Å². The third-order valence-electron chi connectivity index (χ3n) is 3.25. The van der Waals surface area contributed by atoms with Crippen molar-refractivity contribution < 1.29 is 4.79 Å². The highest BCUT2D eigenvalue weighted by molar-refractivity contribution is 6.43. The number of rotatable bonds is 4. The van der Waals surface area contributed by atoms with E-state index in [2.05, 4.69) is 15.6 Å². The van der Waals surface area contributed by atoms with Crippen LogP contribution in [0, 0.1) is 0 Å². The fraction of sp³-hybridized carbons (Fsp3) is 0. The number of benzene rings is 2. The van der Waals surface area contributed by atoms with Crippen molar-refractivity contribution in [2.45, 2.75) is 0 Å². The molecule has 0 saturated carbocycles. The minimum absolute atomic E-state index is 0.290. The molecule has 0 fully saturated rings. The van der Waals surface area contributed by atoms with Crippen LogP contribution >= 0.6 is 23.2 Å². The molecule has 4 nitrogen and oxygen atoms in total. The zero-order valence-corrected chi connectivity index (χ0v) is 14.0. The molecule has 24 heavy (non-hydrogen) atoms.